The summed E-state index contributed by atoms with van der Waals surface area (Å²) in [6.07, 6.45) is 6.09. The van der Waals surface area contributed by atoms with Crippen LogP contribution in [0, 0.1) is 11.3 Å². The Hall–Kier alpha value is -6.51. The molecular formula is C42H29N5. The second-order valence-corrected chi connectivity index (χ2v) is 11.4. The first-order valence-electron chi connectivity index (χ1n) is 15.6. The van der Waals surface area contributed by atoms with Crippen molar-refractivity contribution in [3.05, 3.63) is 157 Å². The third-order valence-electron chi connectivity index (χ3n) is 8.66. The van der Waals surface area contributed by atoms with Crippen molar-refractivity contribution in [1.29, 1.82) is 5.26 Å². The monoisotopic (exact) mass is 603 g/mol. The third kappa shape index (κ3) is 4.47. The van der Waals surface area contributed by atoms with E-state index in [0.29, 0.717) is 17.2 Å². The molecule has 0 radical (unpaired) electrons. The molecule has 0 aliphatic rings. The number of benzene rings is 5. The predicted octanol–water partition coefficient (Wildman–Crippen LogP) is 10.4. The molecule has 0 aliphatic carbocycles. The SMILES string of the molecule is C=Cc1c(/C=C\C)c2ccccc2n1-c1nc(-c2ccccc2)c(-c2ccccc2)nc1-n1c2ccccc2c2cc(C#N)ccc21. The number of allylic oxidation sites excluding steroid dienone is 1. The van der Waals surface area contributed by atoms with Gasteiger partial charge >= 0.3 is 0 Å². The normalized spacial score (nSPS) is 11.5. The molecule has 5 aromatic carbocycles. The largest absolute Gasteiger partial charge is 0.291 e. The fourth-order valence-corrected chi connectivity index (χ4v) is 6.64. The summed E-state index contributed by atoms with van der Waals surface area (Å²) in [5.41, 5.74) is 9.03. The first kappa shape index (κ1) is 28.0. The van der Waals surface area contributed by atoms with Crippen LogP contribution in [0.2, 0.25) is 0 Å². The maximum atomic E-state index is 9.79. The van der Waals surface area contributed by atoms with E-state index in [9.17, 15) is 5.26 Å². The smallest absolute Gasteiger partial charge is 0.182 e. The molecule has 0 saturated heterocycles. The lowest BCUT2D eigenvalue weighted by atomic mass is 10.0. The van der Waals surface area contributed by atoms with Gasteiger partial charge in [-0.1, -0.05) is 116 Å². The van der Waals surface area contributed by atoms with Gasteiger partial charge in [0, 0.05) is 32.8 Å². The van der Waals surface area contributed by atoms with Crippen LogP contribution in [0.15, 0.2) is 140 Å². The average Bonchev–Trinajstić information content (AvgIpc) is 3.63. The zero-order chi connectivity index (χ0) is 31.9. The molecule has 47 heavy (non-hydrogen) atoms. The summed E-state index contributed by atoms with van der Waals surface area (Å²) in [4.78, 5) is 11.2. The number of hydrogen-bond acceptors (Lipinski definition) is 3. The van der Waals surface area contributed by atoms with E-state index in [2.05, 4.69) is 94.6 Å². The number of rotatable bonds is 6. The molecule has 222 valence electrons. The van der Waals surface area contributed by atoms with Gasteiger partial charge in [-0.05, 0) is 43.3 Å². The quantitative estimate of drug-likeness (QED) is 0.190. The fourth-order valence-electron chi connectivity index (χ4n) is 6.64. The summed E-state index contributed by atoms with van der Waals surface area (Å²) in [5, 5.41) is 12.9. The maximum absolute atomic E-state index is 9.79. The Morgan fingerprint density at radius 2 is 1.15 bits per heavy atom. The number of para-hydroxylation sites is 2. The molecule has 3 aromatic heterocycles. The highest BCUT2D eigenvalue weighted by Crippen LogP contribution is 2.40. The zero-order valence-electron chi connectivity index (χ0n) is 25.8. The van der Waals surface area contributed by atoms with Crippen LogP contribution in [0.25, 0.3) is 79.0 Å². The second-order valence-electron chi connectivity index (χ2n) is 11.4. The van der Waals surface area contributed by atoms with Gasteiger partial charge in [0.25, 0.3) is 0 Å². The first-order chi connectivity index (χ1) is 23.2. The maximum Gasteiger partial charge on any atom is 0.182 e. The van der Waals surface area contributed by atoms with Crippen molar-refractivity contribution in [2.24, 2.45) is 0 Å². The van der Waals surface area contributed by atoms with Gasteiger partial charge in [0.05, 0.1) is 45.3 Å². The molecule has 8 aromatic rings. The highest BCUT2D eigenvalue weighted by molar-refractivity contribution is 6.10. The van der Waals surface area contributed by atoms with Crippen LogP contribution in [0.5, 0.6) is 0 Å². The van der Waals surface area contributed by atoms with Crippen LogP contribution in [-0.2, 0) is 0 Å². The van der Waals surface area contributed by atoms with Crippen molar-refractivity contribution >= 4 is 44.9 Å². The van der Waals surface area contributed by atoms with Gasteiger partial charge in [-0.3, -0.25) is 9.13 Å². The van der Waals surface area contributed by atoms with Gasteiger partial charge in [0.1, 0.15) is 0 Å². The number of fused-ring (bicyclic) bond motifs is 4. The van der Waals surface area contributed by atoms with Crippen LogP contribution in [0.1, 0.15) is 23.7 Å². The topological polar surface area (TPSA) is 59.4 Å². The molecule has 3 heterocycles. The number of aromatic nitrogens is 4. The summed E-state index contributed by atoms with van der Waals surface area (Å²) < 4.78 is 4.37. The van der Waals surface area contributed by atoms with Crippen molar-refractivity contribution in [3.8, 4) is 40.2 Å². The van der Waals surface area contributed by atoms with E-state index in [1.807, 2.05) is 79.7 Å². The Bertz CT molecular complexity index is 2540. The summed E-state index contributed by atoms with van der Waals surface area (Å²) >= 11 is 0. The fraction of sp³-hybridized carbons (Fsp3) is 0.0238. The van der Waals surface area contributed by atoms with Gasteiger partial charge in [0.2, 0.25) is 0 Å². The van der Waals surface area contributed by atoms with Gasteiger partial charge in [-0.25, -0.2) is 9.97 Å². The third-order valence-corrected chi connectivity index (χ3v) is 8.66. The first-order valence-corrected chi connectivity index (χ1v) is 15.6. The Kier molecular flexibility index (Phi) is 6.82. The molecule has 5 nitrogen and oxygen atoms in total. The molecule has 0 spiro atoms. The van der Waals surface area contributed by atoms with Crippen molar-refractivity contribution in [2.45, 2.75) is 6.92 Å². The lowest BCUT2D eigenvalue weighted by molar-refractivity contribution is 0.951. The van der Waals surface area contributed by atoms with E-state index >= 15 is 0 Å². The Morgan fingerprint density at radius 1 is 0.617 bits per heavy atom. The minimum Gasteiger partial charge on any atom is -0.291 e. The summed E-state index contributed by atoms with van der Waals surface area (Å²) in [5.74, 6) is 1.35. The zero-order valence-corrected chi connectivity index (χ0v) is 25.8. The van der Waals surface area contributed by atoms with E-state index in [1.165, 1.54) is 0 Å². The average molecular weight is 604 g/mol. The lowest BCUT2D eigenvalue weighted by Crippen LogP contribution is -2.12. The van der Waals surface area contributed by atoms with Crippen LogP contribution < -0.4 is 0 Å². The van der Waals surface area contributed by atoms with E-state index in [0.717, 1.165) is 66.5 Å². The molecule has 0 atom stereocenters. The van der Waals surface area contributed by atoms with E-state index in [-0.39, 0.29) is 0 Å². The van der Waals surface area contributed by atoms with Crippen molar-refractivity contribution < 1.29 is 0 Å². The summed E-state index contributed by atoms with van der Waals surface area (Å²) in [6, 6.07) is 45.3. The Morgan fingerprint density at radius 3 is 1.74 bits per heavy atom. The van der Waals surface area contributed by atoms with Gasteiger partial charge in [-0.2, -0.15) is 5.26 Å². The molecule has 0 N–H and O–H groups in total. The summed E-state index contributed by atoms with van der Waals surface area (Å²) in [7, 11) is 0. The van der Waals surface area contributed by atoms with E-state index < -0.39 is 0 Å². The Balaban J connectivity index is 1.60. The van der Waals surface area contributed by atoms with E-state index in [4.69, 9.17) is 9.97 Å². The van der Waals surface area contributed by atoms with Crippen LogP contribution in [-0.4, -0.2) is 19.1 Å². The van der Waals surface area contributed by atoms with Crippen LogP contribution in [0.4, 0.5) is 0 Å². The molecule has 0 unspecified atom stereocenters. The van der Waals surface area contributed by atoms with Crippen molar-refractivity contribution in [3.63, 3.8) is 0 Å². The minimum absolute atomic E-state index is 0.609. The standard InChI is InChI=1S/C42H29N5/c1-3-15-31-32-20-11-13-22-36(32)46(35(31)4-2)41-42(47-37-23-14-12-21-33(37)34-26-28(27-43)24-25-38(34)47)45-40(30-18-9-6-10-19-30)39(44-41)29-16-7-5-8-17-29/h3-26H,2H2,1H3/b15-3-. The molecule has 0 amide bonds. The van der Waals surface area contributed by atoms with Crippen molar-refractivity contribution in [2.75, 3.05) is 0 Å². The second kappa shape index (κ2) is 11.4. The number of hydrogen-bond donors (Lipinski definition) is 0. The van der Waals surface area contributed by atoms with Gasteiger partial charge in [-0.15, -0.1) is 0 Å². The predicted molar refractivity (Wildman–Crippen MR) is 194 cm³/mol. The van der Waals surface area contributed by atoms with Gasteiger partial charge < -0.3 is 0 Å². The number of nitriles is 1. The molecule has 0 aliphatic heterocycles. The number of nitrogens with zero attached hydrogens (tertiary/aromatic N) is 5. The van der Waals surface area contributed by atoms with E-state index in [1.54, 1.807) is 0 Å². The Labute approximate surface area is 272 Å². The summed E-state index contributed by atoms with van der Waals surface area (Å²) in [6.45, 7) is 6.30. The van der Waals surface area contributed by atoms with Crippen molar-refractivity contribution in [1.82, 2.24) is 19.1 Å². The highest BCUT2D eigenvalue weighted by atomic mass is 15.2. The molecule has 5 heteroatoms. The molecule has 0 bridgehead atoms. The molecular weight excluding hydrogens is 574 g/mol. The highest BCUT2D eigenvalue weighted by Gasteiger charge is 2.26. The molecule has 0 fully saturated rings. The molecule has 0 saturated carbocycles. The minimum atomic E-state index is 0.609. The van der Waals surface area contributed by atoms with Crippen LogP contribution in [0.3, 0.4) is 0 Å². The van der Waals surface area contributed by atoms with Gasteiger partial charge in [0.15, 0.2) is 11.6 Å². The lowest BCUT2D eigenvalue weighted by Gasteiger charge is -2.19. The molecule has 8 rings (SSSR count). The van der Waals surface area contributed by atoms with Crippen LogP contribution >= 0.6 is 0 Å².